The summed E-state index contributed by atoms with van der Waals surface area (Å²) in [6.45, 7) is 0. The number of rotatable bonds is 6. The minimum atomic E-state index is -3.14. The smallest absolute Gasteiger partial charge is 0.315 e. The van der Waals surface area contributed by atoms with E-state index in [2.05, 4.69) is 26.9 Å². The highest BCUT2D eigenvalue weighted by atomic mass is 19.3. The summed E-state index contributed by atoms with van der Waals surface area (Å²) >= 11 is 0. The molecule has 1 aromatic heterocycles. The van der Waals surface area contributed by atoms with Gasteiger partial charge in [0.15, 0.2) is 0 Å². The van der Waals surface area contributed by atoms with E-state index in [0.717, 1.165) is 0 Å². The number of aromatic nitrogens is 2. The third-order valence-corrected chi connectivity index (χ3v) is 5.04. The molecule has 4 rings (SSSR count). The van der Waals surface area contributed by atoms with Gasteiger partial charge in [-0.3, -0.25) is 14.7 Å². The molecule has 0 fully saturated rings. The molecule has 0 aliphatic rings. The SMILES string of the molecule is N#Cc1ccc(-c2n[nH]cc2C(=O)Nc2cccc(F)c2)cc1-c1ccc(NC(=O)C(F)F)cc1. The van der Waals surface area contributed by atoms with Gasteiger partial charge in [0.1, 0.15) is 11.5 Å². The Kier molecular flexibility index (Phi) is 6.59. The molecule has 0 spiro atoms. The van der Waals surface area contributed by atoms with Gasteiger partial charge in [-0.25, -0.2) is 4.39 Å². The number of H-pyrrole nitrogens is 1. The lowest BCUT2D eigenvalue weighted by atomic mass is 9.95. The number of nitrogens with one attached hydrogen (secondary N) is 3. The van der Waals surface area contributed by atoms with E-state index in [4.69, 9.17) is 0 Å². The van der Waals surface area contributed by atoms with E-state index in [0.29, 0.717) is 27.9 Å². The summed E-state index contributed by atoms with van der Waals surface area (Å²) in [5.41, 5.74) is 2.93. The third kappa shape index (κ3) is 5.20. The Morgan fingerprint density at radius 2 is 1.69 bits per heavy atom. The molecule has 0 aliphatic carbocycles. The lowest BCUT2D eigenvalue weighted by molar-refractivity contribution is -0.126. The Balaban J connectivity index is 1.64. The Hall–Kier alpha value is -4.91. The molecule has 0 unspecified atom stereocenters. The van der Waals surface area contributed by atoms with Crippen molar-refractivity contribution in [2.24, 2.45) is 0 Å². The van der Waals surface area contributed by atoms with Gasteiger partial charge in [0.25, 0.3) is 11.8 Å². The molecule has 0 atom stereocenters. The van der Waals surface area contributed by atoms with Gasteiger partial charge in [-0.15, -0.1) is 0 Å². The topological polar surface area (TPSA) is 111 Å². The molecule has 1 heterocycles. The minimum Gasteiger partial charge on any atom is -0.322 e. The molecule has 0 saturated heterocycles. The number of halogens is 3. The van der Waals surface area contributed by atoms with Crippen molar-refractivity contribution in [3.8, 4) is 28.5 Å². The molecule has 0 radical (unpaired) electrons. The number of nitrogens with zero attached hydrogens (tertiary/aromatic N) is 2. The van der Waals surface area contributed by atoms with E-state index >= 15 is 0 Å². The highest BCUT2D eigenvalue weighted by molar-refractivity contribution is 6.08. The zero-order chi connectivity index (χ0) is 24.9. The zero-order valence-corrected chi connectivity index (χ0v) is 17.9. The summed E-state index contributed by atoms with van der Waals surface area (Å²) in [6, 6.07) is 18.5. The first-order valence-corrected chi connectivity index (χ1v) is 10.2. The van der Waals surface area contributed by atoms with Crippen LogP contribution in [0.15, 0.2) is 72.9 Å². The second-order valence-electron chi connectivity index (χ2n) is 7.35. The van der Waals surface area contributed by atoms with Crippen molar-refractivity contribution in [3.63, 3.8) is 0 Å². The Morgan fingerprint density at radius 1 is 0.943 bits per heavy atom. The van der Waals surface area contributed by atoms with E-state index in [1.54, 1.807) is 36.4 Å². The fourth-order valence-electron chi connectivity index (χ4n) is 3.41. The predicted molar refractivity (Wildman–Crippen MR) is 123 cm³/mol. The normalized spacial score (nSPS) is 10.6. The molecule has 4 aromatic rings. The molecule has 0 bridgehead atoms. The molecule has 35 heavy (non-hydrogen) atoms. The van der Waals surface area contributed by atoms with Crippen LogP contribution in [-0.2, 0) is 4.79 Å². The number of nitriles is 1. The maximum Gasteiger partial charge on any atom is 0.315 e. The summed E-state index contributed by atoms with van der Waals surface area (Å²) in [7, 11) is 0. The van der Waals surface area contributed by atoms with Crippen molar-refractivity contribution < 1.29 is 22.8 Å². The average molecular weight is 475 g/mol. The molecule has 0 saturated carbocycles. The van der Waals surface area contributed by atoms with Gasteiger partial charge in [0, 0.05) is 28.7 Å². The predicted octanol–water partition coefficient (Wildman–Crippen LogP) is 5.21. The molecule has 3 N–H and O–H groups in total. The van der Waals surface area contributed by atoms with Crippen molar-refractivity contribution in [1.29, 1.82) is 5.26 Å². The van der Waals surface area contributed by atoms with Gasteiger partial charge in [-0.1, -0.05) is 24.3 Å². The summed E-state index contributed by atoms with van der Waals surface area (Å²) in [6.07, 6.45) is -1.74. The monoisotopic (exact) mass is 475 g/mol. The van der Waals surface area contributed by atoms with Crippen LogP contribution in [0.2, 0.25) is 0 Å². The van der Waals surface area contributed by atoms with Crippen molar-refractivity contribution in [2.45, 2.75) is 6.43 Å². The van der Waals surface area contributed by atoms with Crippen LogP contribution in [-0.4, -0.2) is 28.4 Å². The first-order valence-electron chi connectivity index (χ1n) is 10.2. The van der Waals surface area contributed by atoms with Crippen LogP contribution in [0.5, 0.6) is 0 Å². The summed E-state index contributed by atoms with van der Waals surface area (Å²) in [5.74, 6) is -2.42. The van der Waals surface area contributed by atoms with Gasteiger partial charge in [0.05, 0.1) is 17.2 Å². The van der Waals surface area contributed by atoms with Gasteiger partial charge < -0.3 is 10.6 Å². The molecule has 2 amide bonds. The fourth-order valence-corrected chi connectivity index (χ4v) is 3.41. The molecule has 174 valence electrons. The van der Waals surface area contributed by atoms with E-state index in [9.17, 15) is 28.0 Å². The number of amides is 2. The van der Waals surface area contributed by atoms with E-state index in [1.807, 2.05) is 0 Å². The van der Waals surface area contributed by atoms with E-state index in [-0.39, 0.29) is 16.9 Å². The number of alkyl halides is 2. The molecular formula is C25H16F3N5O2. The fraction of sp³-hybridized carbons (Fsp3) is 0.0400. The average Bonchev–Trinajstić information content (AvgIpc) is 3.34. The number of hydrogen-bond donors (Lipinski definition) is 3. The van der Waals surface area contributed by atoms with Gasteiger partial charge in [0.2, 0.25) is 0 Å². The van der Waals surface area contributed by atoms with E-state index in [1.165, 1.54) is 36.5 Å². The van der Waals surface area contributed by atoms with Crippen LogP contribution >= 0.6 is 0 Å². The largest absolute Gasteiger partial charge is 0.322 e. The molecule has 7 nitrogen and oxygen atoms in total. The third-order valence-electron chi connectivity index (χ3n) is 5.04. The number of anilines is 2. The molecular weight excluding hydrogens is 459 g/mol. The Labute approximate surface area is 197 Å². The highest BCUT2D eigenvalue weighted by Crippen LogP contribution is 2.31. The van der Waals surface area contributed by atoms with Crippen LogP contribution < -0.4 is 10.6 Å². The zero-order valence-electron chi connectivity index (χ0n) is 17.9. The maximum absolute atomic E-state index is 13.5. The van der Waals surface area contributed by atoms with Gasteiger partial charge >= 0.3 is 6.43 Å². The standard InChI is InChI=1S/C25H16F3N5O2/c26-17-2-1-3-19(11-17)32-24(34)21-13-30-33-22(21)15-4-5-16(12-29)20(10-15)14-6-8-18(9-7-14)31-25(35)23(27)28/h1-11,13,23H,(H,30,33)(H,31,35)(H,32,34). The minimum absolute atomic E-state index is 0.178. The van der Waals surface area contributed by atoms with Crippen molar-refractivity contribution in [3.05, 3.63) is 89.9 Å². The first-order chi connectivity index (χ1) is 16.9. The van der Waals surface area contributed by atoms with Crippen LogP contribution in [0.1, 0.15) is 15.9 Å². The number of carbonyl (C=O) groups is 2. The highest BCUT2D eigenvalue weighted by Gasteiger charge is 2.18. The number of aromatic amines is 1. The Morgan fingerprint density at radius 3 is 2.37 bits per heavy atom. The van der Waals surface area contributed by atoms with Crippen LogP contribution in [0.4, 0.5) is 24.5 Å². The maximum atomic E-state index is 13.5. The number of benzene rings is 3. The van der Waals surface area contributed by atoms with Gasteiger partial charge in [-0.05, 0) is 48.0 Å². The van der Waals surface area contributed by atoms with Crippen LogP contribution in [0.3, 0.4) is 0 Å². The van der Waals surface area contributed by atoms with Crippen molar-refractivity contribution in [2.75, 3.05) is 10.6 Å². The van der Waals surface area contributed by atoms with E-state index < -0.39 is 24.1 Å². The summed E-state index contributed by atoms with van der Waals surface area (Å²) in [4.78, 5) is 24.0. The van der Waals surface area contributed by atoms with Crippen LogP contribution in [0, 0.1) is 17.1 Å². The summed E-state index contributed by atoms with van der Waals surface area (Å²) in [5, 5.41) is 21.1. The van der Waals surface area contributed by atoms with Crippen molar-refractivity contribution >= 4 is 23.2 Å². The molecule has 0 aliphatic heterocycles. The molecule has 10 heteroatoms. The van der Waals surface area contributed by atoms with Gasteiger partial charge in [-0.2, -0.15) is 19.1 Å². The second-order valence-corrected chi connectivity index (χ2v) is 7.35. The number of carbonyl (C=O) groups excluding carboxylic acids is 2. The summed E-state index contributed by atoms with van der Waals surface area (Å²) < 4.78 is 38.4. The Bertz CT molecular complexity index is 1440. The lowest BCUT2D eigenvalue weighted by Gasteiger charge is -2.10. The first kappa shape index (κ1) is 23.3. The van der Waals surface area contributed by atoms with Crippen LogP contribution in [0.25, 0.3) is 22.4 Å². The number of hydrogen-bond acceptors (Lipinski definition) is 4. The quantitative estimate of drug-likeness (QED) is 0.356. The lowest BCUT2D eigenvalue weighted by Crippen LogP contribution is -2.19. The van der Waals surface area contributed by atoms with Crippen molar-refractivity contribution in [1.82, 2.24) is 10.2 Å². The molecule has 3 aromatic carbocycles. The second kappa shape index (κ2) is 9.93.